The van der Waals surface area contributed by atoms with Gasteiger partial charge in [0.2, 0.25) is 15.9 Å². The van der Waals surface area contributed by atoms with Crippen LogP contribution in [0.2, 0.25) is 0 Å². The van der Waals surface area contributed by atoms with Crippen LogP contribution in [-0.4, -0.2) is 56.3 Å². The fraction of sp³-hybridized carbons (Fsp3) is 0.435. The predicted molar refractivity (Wildman–Crippen MR) is 120 cm³/mol. The predicted octanol–water partition coefficient (Wildman–Crippen LogP) is 3.12. The van der Waals surface area contributed by atoms with Gasteiger partial charge in [-0.25, -0.2) is 8.42 Å². The van der Waals surface area contributed by atoms with Gasteiger partial charge in [0.05, 0.1) is 11.4 Å². The molecule has 0 saturated carbocycles. The third-order valence-corrected chi connectivity index (χ3v) is 7.70. The maximum Gasteiger partial charge on any atom is 0.243 e. The minimum atomic E-state index is -3.52. The van der Waals surface area contributed by atoms with Crippen LogP contribution in [0.3, 0.4) is 0 Å². The SMILES string of the molecule is CCc1cccc(C)c1NC(=O)CN1CCN(S(=O)(=O)c2cc(C)ccc2C)CC1. The van der Waals surface area contributed by atoms with Gasteiger partial charge in [-0.3, -0.25) is 9.69 Å². The van der Waals surface area contributed by atoms with Crippen molar-refractivity contribution >= 4 is 21.6 Å². The van der Waals surface area contributed by atoms with Crippen LogP contribution in [0, 0.1) is 20.8 Å². The second-order valence-electron chi connectivity index (χ2n) is 7.96. The van der Waals surface area contributed by atoms with E-state index in [0.29, 0.717) is 31.1 Å². The monoisotopic (exact) mass is 429 g/mol. The molecule has 6 nitrogen and oxygen atoms in total. The molecule has 1 fully saturated rings. The van der Waals surface area contributed by atoms with Crippen molar-refractivity contribution in [1.82, 2.24) is 9.21 Å². The third-order valence-electron chi connectivity index (χ3n) is 5.66. The molecular formula is C23H31N3O3S. The quantitative estimate of drug-likeness (QED) is 0.766. The molecule has 7 heteroatoms. The number of hydrogen-bond acceptors (Lipinski definition) is 4. The minimum Gasteiger partial charge on any atom is -0.324 e. The number of sulfonamides is 1. The van der Waals surface area contributed by atoms with Gasteiger partial charge in [-0.15, -0.1) is 0 Å². The molecule has 1 aliphatic heterocycles. The molecule has 1 N–H and O–H groups in total. The van der Waals surface area contributed by atoms with Crippen LogP contribution in [0.25, 0.3) is 0 Å². The smallest absolute Gasteiger partial charge is 0.243 e. The van der Waals surface area contributed by atoms with Crippen LogP contribution in [0.5, 0.6) is 0 Å². The zero-order valence-electron chi connectivity index (χ0n) is 18.2. The molecule has 0 atom stereocenters. The molecule has 1 aliphatic rings. The number of nitrogens with one attached hydrogen (secondary N) is 1. The first-order valence-electron chi connectivity index (χ1n) is 10.4. The molecule has 2 aromatic rings. The minimum absolute atomic E-state index is 0.0650. The van der Waals surface area contributed by atoms with Crippen LogP contribution in [0.4, 0.5) is 5.69 Å². The lowest BCUT2D eigenvalue weighted by molar-refractivity contribution is -0.117. The van der Waals surface area contributed by atoms with Gasteiger partial charge in [-0.05, 0) is 55.5 Å². The highest BCUT2D eigenvalue weighted by atomic mass is 32.2. The Kier molecular flexibility index (Phi) is 6.95. The highest BCUT2D eigenvalue weighted by molar-refractivity contribution is 7.89. The number of nitrogens with zero attached hydrogens (tertiary/aromatic N) is 2. The third kappa shape index (κ3) is 4.91. The summed E-state index contributed by atoms with van der Waals surface area (Å²) in [7, 11) is -3.52. The van der Waals surface area contributed by atoms with Crippen LogP contribution < -0.4 is 5.32 Å². The molecule has 1 amide bonds. The average molecular weight is 430 g/mol. The molecule has 0 aromatic heterocycles. The van der Waals surface area contributed by atoms with Crippen molar-refractivity contribution in [1.29, 1.82) is 0 Å². The Bertz CT molecular complexity index is 1030. The van der Waals surface area contributed by atoms with Crippen molar-refractivity contribution in [2.24, 2.45) is 0 Å². The van der Waals surface area contributed by atoms with Crippen molar-refractivity contribution in [3.05, 3.63) is 58.7 Å². The highest BCUT2D eigenvalue weighted by Crippen LogP contribution is 2.23. The maximum absolute atomic E-state index is 13.1. The fourth-order valence-electron chi connectivity index (χ4n) is 3.84. The summed E-state index contributed by atoms with van der Waals surface area (Å²) in [5.41, 5.74) is 4.74. The van der Waals surface area contributed by atoms with E-state index in [0.717, 1.165) is 34.4 Å². The van der Waals surface area contributed by atoms with E-state index in [1.807, 2.05) is 56.0 Å². The van der Waals surface area contributed by atoms with Crippen molar-refractivity contribution in [3.8, 4) is 0 Å². The molecule has 0 radical (unpaired) electrons. The number of aryl methyl sites for hydroxylation is 4. The van der Waals surface area contributed by atoms with Crippen LogP contribution in [-0.2, 0) is 21.2 Å². The Labute approximate surface area is 179 Å². The first kappa shape index (κ1) is 22.5. The molecule has 1 heterocycles. The van der Waals surface area contributed by atoms with E-state index in [9.17, 15) is 13.2 Å². The molecule has 162 valence electrons. The number of carbonyl (C=O) groups excluding carboxylic acids is 1. The molecule has 0 bridgehead atoms. The van der Waals surface area contributed by atoms with E-state index in [4.69, 9.17) is 0 Å². The van der Waals surface area contributed by atoms with Gasteiger partial charge in [0.15, 0.2) is 0 Å². The van der Waals surface area contributed by atoms with Gasteiger partial charge >= 0.3 is 0 Å². The molecule has 0 aliphatic carbocycles. The Morgan fingerprint density at radius 2 is 1.70 bits per heavy atom. The number of hydrogen-bond donors (Lipinski definition) is 1. The number of carbonyl (C=O) groups is 1. The van der Waals surface area contributed by atoms with E-state index in [1.165, 1.54) is 4.31 Å². The van der Waals surface area contributed by atoms with Crippen molar-refractivity contribution in [2.45, 2.75) is 39.0 Å². The summed E-state index contributed by atoms with van der Waals surface area (Å²) in [6.45, 7) is 9.87. The topological polar surface area (TPSA) is 69.7 Å². The molecule has 2 aromatic carbocycles. The van der Waals surface area contributed by atoms with Crippen LogP contribution in [0.15, 0.2) is 41.3 Å². The normalized spacial score (nSPS) is 15.9. The molecular weight excluding hydrogens is 398 g/mol. The van der Waals surface area contributed by atoms with Gasteiger partial charge in [0.1, 0.15) is 0 Å². The zero-order valence-corrected chi connectivity index (χ0v) is 19.1. The number of rotatable bonds is 6. The van der Waals surface area contributed by atoms with E-state index >= 15 is 0 Å². The summed E-state index contributed by atoms with van der Waals surface area (Å²) >= 11 is 0. The summed E-state index contributed by atoms with van der Waals surface area (Å²) < 4.78 is 27.7. The van der Waals surface area contributed by atoms with E-state index in [2.05, 4.69) is 12.2 Å². The molecule has 1 saturated heterocycles. The molecule has 0 unspecified atom stereocenters. The van der Waals surface area contributed by atoms with E-state index < -0.39 is 10.0 Å². The van der Waals surface area contributed by atoms with Gasteiger partial charge in [-0.2, -0.15) is 4.31 Å². The summed E-state index contributed by atoms with van der Waals surface area (Å²) in [5.74, 6) is -0.0650. The number of piperazine rings is 1. The molecule has 0 spiro atoms. The number of benzene rings is 2. The largest absolute Gasteiger partial charge is 0.324 e. The van der Waals surface area contributed by atoms with Gasteiger partial charge < -0.3 is 5.32 Å². The lowest BCUT2D eigenvalue weighted by atomic mass is 10.1. The van der Waals surface area contributed by atoms with Crippen molar-refractivity contribution < 1.29 is 13.2 Å². The first-order valence-corrected chi connectivity index (χ1v) is 11.8. The Morgan fingerprint density at radius 1 is 1.00 bits per heavy atom. The molecule has 30 heavy (non-hydrogen) atoms. The lowest BCUT2D eigenvalue weighted by Gasteiger charge is -2.34. The number of anilines is 1. The Balaban J connectivity index is 1.61. The average Bonchev–Trinajstić information content (AvgIpc) is 2.71. The Morgan fingerprint density at radius 3 is 2.37 bits per heavy atom. The molecule has 3 rings (SSSR count). The van der Waals surface area contributed by atoms with E-state index in [1.54, 1.807) is 6.07 Å². The number of para-hydroxylation sites is 1. The maximum atomic E-state index is 13.1. The van der Waals surface area contributed by atoms with Crippen molar-refractivity contribution in [2.75, 3.05) is 38.0 Å². The fourth-order valence-corrected chi connectivity index (χ4v) is 5.57. The van der Waals surface area contributed by atoms with E-state index in [-0.39, 0.29) is 12.5 Å². The highest BCUT2D eigenvalue weighted by Gasteiger charge is 2.30. The van der Waals surface area contributed by atoms with Gasteiger partial charge in [-0.1, -0.05) is 37.3 Å². The second kappa shape index (κ2) is 9.29. The summed E-state index contributed by atoms with van der Waals surface area (Å²) in [6.07, 6.45) is 0.853. The summed E-state index contributed by atoms with van der Waals surface area (Å²) in [5, 5.41) is 3.05. The van der Waals surface area contributed by atoms with Crippen LogP contribution in [0.1, 0.15) is 29.2 Å². The first-order chi connectivity index (χ1) is 14.2. The van der Waals surface area contributed by atoms with Crippen molar-refractivity contribution in [3.63, 3.8) is 0 Å². The second-order valence-corrected chi connectivity index (χ2v) is 9.87. The Hall–Kier alpha value is -2.22. The summed E-state index contributed by atoms with van der Waals surface area (Å²) in [6, 6.07) is 11.5. The zero-order chi connectivity index (χ0) is 21.9. The van der Waals surface area contributed by atoms with Crippen LogP contribution >= 0.6 is 0 Å². The lowest BCUT2D eigenvalue weighted by Crippen LogP contribution is -2.50. The van der Waals surface area contributed by atoms with Gasteiger partial charge in [0.25, 0.3) is 0 Å². The summed E-state index contributed by atoms with van der Waals surface area (Å²) in [4.78, 5) is 15.0. The van der Waals surface area contributed by atoms with Gasteiger partial charge in [0, 0.05) is 31.9 Å². The number of amides is 1. The standard InChI is InChI=1S/C23H31N3O3S/c1-5-20-8-6-7-19(4)23(20)24-22(27)16-25-11-13-26(14-12-25)30(28,29)21-15-17(2)9-10-18(21)3/h6-10,15H,5,11-14,16H2,1-4H3,(H,24,27).